The standard InChI is InChI=1S/C17H28N2O2/c1-3-11-19-14(12-7-5-4-6-8-12)15(20)18-17(2,16(19)21)13-9-10-13/h12-14H,3-11H2,1-2H3,(H,18,20). The van der Waals surface area contributed by atoms with Crippen molar-refractivity contribution in [2.45, 2.75) is 76.8 Å². The molecule has 2 atom stereocenters. The fourth-order valence-electron chi connectivity index (χ4n) is 4.29. The van der Waals surface area contributed by atoms with E-state index in [2.05, 4.69) is 12.2 Å². The highest BCUT2D eigenvalue weighted by atomic mass is 16.2. The lowest BCUT2D eigenvalue weighted by Gasteiger charge is -2.47. The van der Waals surface area contributed by atoms with Crippen LogP contribution in [0, 0.1) is 11.8 Å². The summed E-state index contributed by atoms with van der Waals surface area (Å²) in [4.78, 5) is 27.7. The van der Waals surface area contributed by atoms with Gasteiger partial charge < -0.3 is 10.2 Å². The molecule has 1 saturated heterocycles. The molecule has 0 bridgehead atoms. The molecular weight excluding hydrogens is 264 g/mol. The highest BCUT2D eigenvalue weighted by Crippen LogP contribution is 2.43. The average Bonchev–Trinajstić information content (AvgIpc) is 3.31. The summed E-state index contributed by atoms with van der Waals surface area (Å²) in [5, 5.41) is 3.11. The Morgan fingerprint density at radius 3 is 2.38 bits per heavy atom. The van der Waals surface area contributed by atoms with E-state index in [1.54, 1.807) is 0 Å². The third-order valence-electron chi connectivity index (χ3n) is 5.65. The lowest BCUT2D eigenvalue weighted by molar-refractivity contribution is -0.158. The molecular formula is C17H28N2O2. The number of carbonyl (C=O) groups excluding carboxylic acids is 2. The Kier molecular flexibility index (Phi) is 3.98. The topological polar surface area (TPSA) is 49.4 Å². The van der Waals surface area contributed by atoms with E-state index in [1.807, 2.05) is 11.8 Å². The summed E-state index contributed by atoms with van der Waals surface area (Å²) in [6, 6.07) is -0.218. The molecule has 0 spiro atoms. The van der Waals surface area contributed by atoms with Gasteiger partial charge in [0, 0.05) is 6.54 Å². The van der Waals surface area contributed by atoms with Crippen molar-refractivity contribution in [3.05, 3.63) is 0 Å². The zero-order valence-electron chi connectivity index (χ0n) is 13.4. The van der Waals surface area contributed by atoms with Crippen LogP contribution in [0.1, 0.15) is 65.2 Å². The molecule has 2 saturated carbocycles. The van der Waals surface area contributed by atoms with Gasteiger partial charge in [0.25, 0.3) is 0 Å². The SMILES string of the molecule is CCCN1C(=O)C(C)(C2CC2)NC(=O)C1C1CCCCC1. The minimum Gasteiger partial charge on any atom is -0.340 e. The molecule has 0 aromatic rings. The van der Waals surface area contributed by atoms with Gasteiger partial charge in [0.15, 0.2) is 0 Å². The van der Waals surface area contributed by atoms with Crippen LogP contribution >= 0.6 is 0 Å². The number of nitrogens with zero attached hydrogens (tertiary/aromatic N) is 1. The highest BCUT2D eigenvalue weighted by molar-refractivity contribution is 6.00. The maximum Gasteiger partial charge on any atom is 0.249 e. The normalized spacial score (nSPS) is 35.0. The maximum atomic E-state index is 13.0. The molecule has 4 nitrogen and oxygen atoms in total. The molecule has 4 heteroatoms. The monoisotopic (exact) mass is 292 g/mol. The van der Waals surface area contributed by atoms with E-state index in [1.165, 1.54) is 19.3 Å². The fraction of sp³-hybridized carbons (Fsp3) is 0.882. The molecule has 21 heavy (non-hydrogen) atoms. The Morgan fingerprint density at radius 2 is 1.81 bits per heavy atom. The Labute approximate surface area is 127 Å². The zero-order chi connectivity index (χ0) is 15.0. The van der Waals surface area contributed by atoms with E-state index < -0.39 is 5.54 Å². The largest absolute Gasteiger partial charge is 0.340 e. The van der Waals surface area contributed by atoms with E-state index >= 15 is 0 Å². The number of nitrogens with one attached hydrogen (secondary N) is 1. The van der Waals surface area contributed by atoms with Gasteiger partial charge >= 0.3 is 0 Å². The summed E-state index contributed by atoms with van der Waals surface area (Å²) in [5.41, 5.74) is -0.641. The molecule has 2 aliphatic carbocycles. The van der Waals surface area contributed by atoms with Crippen molar-refractivity contribution >= 4 is 11.8 Å². The molecule has 0 aromatic carbocycles. The number of carbonyl (C=O) groups is 2. The van der Waals surface area contributed by atoms with Crippen molar-refractivity contribution in [2.75, 3.05) is 6.54 Å². The molecule has 0 aromatic heterocycles. The second kappa shape index (κ2) is 5.62. The van der Waals surface area contributed by atoms with E-state index in [9.17, 15) is 9.59 Å². The zero-order valence-corrected chi connectivity index (χ0v) is 13.4. The summed E-state index contributed by atoms with van der Waals surface area (Å²) < 4.78 is 0. The summed E-state index contributed by atoms with van der Waals surface area (Å²) >= 11 is 0. The van der Waals surface area contributed by atoms with Crippen molar-refractivity contribution in [1.29, 1.82) is 0 Å². The van der Waals surface area contributed by atoms with Gasteiger partial charge in [-0.25, -0.2) is 0 Å². The van der Waals surface area contributed by atoms with Gasteiger partial charge in [-0.15, -0.1) is 0 Å². The molecule has 3 fully saturated rings. The first-order valence-electron chi connectivity index (χ1n) is 8.71. The third kappa shape index (κ3) is 2.58. The van der Waals surface area contributed by atoms with Crippen LogP contribution in [0.3, 0.4) is 0 Å². The van der Waals surface area contributed by atoms with Crippen molar-refractivity contribution in [2.24, 2.45) is 11.8 Å². The Hall–Kier alpha value is -1.06. The van der Waals surface area contributed by atoms with Crippen molar-refractivity contribution in [3.8, 4) is 0 Å². The number of rotatable bonds is 4. The van der Waals surface area contributed by atoms with Crippen LogP contribution in [0.5, 0.6) is 0 Å². The molecule has 1 aliphatic heterocycles. The van der Waals surface area contributed by atoms with Crippen LogP contribution in [0.15, 0.2) is 0 Å². The van der Waals surface area contributed by atoms with E-state index in [4.69, 9.17) is 0 Å². The van der Waals surface area contributed by atoms with Crippen molar-refractivity contribution in [1.82, 2.24) is 10.2 Å². The van der Waals surface area contributed by atoms with Gasteiger partial charge in [-0.05, 0) is 50.9 Å². The lowest BCUT2D eigenvalue weighted by Crippen LogP contribution is -2.71. The number of hydrogen-bond acceptors (Lipinski definition) is 2. The quantitative estimate of drug-likeness (QED) is 0.865. The lowest BCUT2D eigenvalue weighted by atomic mass is 9.79. The van der Waals surface area contributed by atoms with Gasteiger partial charge in [-0.3, -0.25) is 9.59 Å². The van der Waals surface area contributed by atoms with Gasteiger partial charge in [0.1, 0.15) is 11.6 Å². The van der Waals surface area contributed by atoms with Gasteiger partial charge in [0.05, 0.1) is 0 Å². The van der Waals surface area contributed by atoms with E-state index in [0.29, 0.717) is 11.8 Å². The Morgan fingerprint density at radius 1 is 1.14 bits per heavy atom. The predicted molar refractivity (Wildman–Crippen MR) is 81.6 cm³/mol. The van der Waals surface area contributed by atoms with Crippen LogP contribution in [0.4, 0.5) is 0 Å². The summed E-state index contributed by atoms with van der Waals surface area (Å²) in [6.07, 6.45) is 8.89. The van der Waals surface area contributed by atoms with Gasteiger partial charge in [0.2, 0.25) is 11.8 Å². The van der Waals surface area contributed by atoms with Crippen LogP contribution in [-0.4, -0.2) is 34.8 Å². The van der Waals surface area contributed by atoms with Crippen LogP contribution in [-0.2, 0) is 9.59 Å². The first-order chi connectivity index (χ1) is 10.1. The predicted octanol–water partition coefficient (Wildman–Crippen LogP) is 2.47. The van der Waals surface area contributed by atoms with Crippen molar-refractivity contribution in [3.63, 3.8) is 0 Å². The average molecular weight is 292 g/mol. The van der Waals surface area contributed by atoms with E-state index in [-0.39, 0.29) is 17.9 Å². The van der Waals surface area contributed by atoms with Crippen LogP contribution in [0.2, 0.25) is 0 Å². The van der Waals surface area contributed by atoms with Crippen molar-refractivity contribution < 1.29 is 9.59 Å². The van der Waals surface area contributed by atoms with E-state index in [0.717, 1.165) is 38.6 Å². The Bertz CT molecular complexity index is 427. The third-order valence-corrected chi connectivity index (χ3v) is 5.65. The van der Waals surface area contributed by atoms with Gasteiger partial charge in [-0.1, -0.05) is 26.2 Å². The number of piperazine rings is 1. The van der Waals surface area contributed by atoms with Crippen LogP contribution < -0.4 is 5.32 Å². The molecule has 3 rings (SSSR count). The molecule has 1 N–H and O–H groups in total. The highest BCUT2D eigenvalue weighted by Gasteiger charge is 2.56. The molecule has 118 valence electrons. The summed E-state index contributed by atoms with van der Waals surface area (Å²) in [5.74, 6) is 0.977. The minimum absolute atomic E-state index is 0.101. The number of hydrogen-bond donors (Lipinski definition) is 1. The summed E-state index contributed by atoms with van der Waals surface area (Å²) in [6.45, 7) is 4.74. The first kappa shape index (κ1) is 14.9. The maximum absolute atomic E-state index is 13.0. The fourth-order valence-corrected chi connectivity index (χ4v) is 4.29. The van der Waals surface area contributed by atoms with Gasteiger partial charge in [-0.2, -0.15) is 0 Å². The molecule has 3 aliphatic rings. The Balaban J connectivity index is 1.85. The minimum atomic E-state index is -0.641. The molecule has 0 radical (unpaired) electrons. The molecule has 2 unspecified atom stereocenters. The smallest absolute Gasteiger partial charge is 0.249 e. The second-order valence-electron chi connectivity index (χ2n) is 7.31. The molecule has 2 amide bonds. The second-order valence-corrected chi connectivity index (χ2v) is 7.31. The molecule has 1 heterocycles. The first-order valence-corrected chi connectivity index (χ1v) is 8.71. The van der Waals surface area contributed by atoms with Crippen LogP contribution in [0.25, 0.3) is 0 Å². The summed E-state index contributed by atoms with van der Waals surface area (Å²) in [7, 11) is 0. The number of amides is 2.